The van der Waals surface area contributed by atoms with Gasteiger partial charge in [-0.1, -0.05) is 11.6 Å². The smallest absolute Gasteiger partial charge is 0.317 e. The molecule has 1 heterocycles. The minimum absolute atomic E-state index is 0.0419. The van der Waals surface area contributed by atoms with Crippen molar-refractivity contribution >= 4 is 6.03 Å². The third-order valence-corrected chi connectivity index (χ3v) is 5.95. The molecule has 3 aliphatic rings. The van der Waals surface area contributed by atoms with Crippen molar-refractivity contribution in [2.45, 2.75) is 64.1 Å². The number of nitrogens with one attached hydrogen (secondary N) is 1. The van der Waals surface area contributed by atoms with Crippen molar-refractivity contribution in [3.8, 4) is 0 Å². The molecule has 0 radical (unpaired) electrons. The van der Waals surface area contributed by atoms with Crippen molar-refractivity contribution < 1.29 is 14.6 Å². The van der Waals surface area contributed by atoms with Crippen LogP contribution in [0.5, 0.6) is 0 Å². The Morgan fingerprint density at radius 1 is 1.48 bits per heavy atom. The number of urea groups is 1. The van der Waals surface area contributed by atoms with Gasteiger partial charge in [0, 0.05) is 38.1 Å². The first kappa shape index (κ1) is 16.8. The quantitative estimate of drug-likeness (QED) is 0.764. The van der Waals surface area contributed by atoms with Crippen molar-refractivity contribution in [2.24, 2.45) is 5.41 Å². The van der Waals surface area contributed by atoms with E-state index in [4.69, 9.17) is 4.74 Å². The summed E-state index contributed by atoms with van der Waals surface area (Å²) in [6, 6.07) is 0.0419. The minimum atomic E-state index is -0.265. The van der Waals surface area contributed by atoms with Gasteiger partial charge in [-0.05, 0) is 45.4 Å². The molecule has 1 saturated heterocycles. The topological polar surface area (TPSA) is 61.8 Å². The molecule has 130 valence electrons. The molecule has 2 N–H and O–H groups in total. The SMILES string of the molecule is CCO[C@@H]1C[C@@H](O)C12CCN(C(=O)NCCC1=CCCC1)CC2. The van der Waals surface area contributed by atoms with Crippen LogP contribution in [0.25, 0.3) is 0 Å². The number of carbonyl (C=O) groups excluding carboxylic acids is 1. The molecule has 5 heteroatoms. The molecule has 1 saturated carbocycles. The molecule has 0 bridgehead atoms. The zero-order valence-corrected chi connectivity index (χ0v) is 14.2. The standard InChI is InChI=1S/C18H30N2O3/c1-2-23-16-13-15(21)18(16)8-11-20(12-9-18)17(22)19-10-7-14-5-3-4-6-14/h5,15-16,21H,2-4,6-13H2,1H3,(H,19,22)/t15-,16-/m1/s1. The maximum absolute atomic E-state index is 12.3. The average Bonchev–Trinajstić information content (AvgIpc) is 3.08. The molecule has 0 aromatic heterocycles. The predicted octanol–water partition coefficient (Wildman–Crippen LogP) is 2.45. The van der Waals surface area contributed by atoms with Gasteiger partial charge in [-0.3, -0.25) is 0 Å². The van der Waals surface area contributed by atoms with Crippen molar-refractivity contribution in [3.05, 3.63) is 11.6 Å². The molecular formula is C18H30N2O3. The Bertz CT molecular complexity index is 453. The van der Waals surface area contributed by atoms with Gasteiger partial charge in [0.1, 0.15) is 0 Å². The molecule has 0 unspecified atom stereocenters. The van der Waals surface area contributed by atoms with Crippen LogP contribution in [-0.2, 0) is 4.74 Å². The summed E-state index contributed by atoms with van der Waals surface area (Å²) in [4.78, 5) is 14.2. The monoisotopic (exact) mass is 322 g/mol. The number of aliphatic hydroxyl groups is 1. The van der Waals surface area contributed by atoms with E-state index < -0.39 is 0 Å². The van der Waals surface area contributed by atoms with Gasteiger partial charge in [0.05, 0.1) is 12.2 Å². The highest BCUT2D eigenvalue weighted by Crippen LogP contribution is 2.50. The number of hydrogen-bond acceptors (Lipinski definition) is 3. The van der Waals surface area contributed by atoms with Crippen LogP contribution in [0.15, 0.2) is 11.6 Å². The number of likely N-dealkylation sites (tertiary alicyclic amines) is 1. The summed E-state index contributed by atoms with van der Waals surface area (Å²) in [5.74, 6) is 0. The van der Waals surface area contributed by atoms with E-state index in [2.05, 4.69) is 11.4 Å². The fourth-order valence-corrected chi connectivity index (χ4v) is 4.35. The number of carbonyl (C=O) groups is 1. The summed E-state index contributed by atoms with van der Waals surface area (Å²) in [7, 11) is 0. The Morgan fingerprint density at radius 2 is 2.26 bits per heavy atom. The number of ether oxygens (including phenoxy) is 1. The summed E-state index contributed by atoms with van der Waals surface area (Å²) in [6.07, 6.45) is 9.28. The van der Waals surface area contributed by atoms with Gasteiger partial charge in [0.2, 0.25) is 0 Å². The zero-order valence-electron chi connectivity index (χ0n) is 14.2. The summed E-state index contributed by atoms with van der Waals surface area (Å²) < 4.78 is 5.77. The highest BCUT2D eigenvalue weighted by molar-refractivity contribution is 5.74. The summed E-state index contributed by atoms with van der Waals surface area (Å²) >= 11 is 0. The van der Waals surface area contributed by atoms with Gasteiger partial charge >= 0.3 is 6.03 Å². The Kier molecular flexibility index (Phi) is 5.27. The third kappa shape index (κ3) is 3.41. The van der Waals surface area contributed by atoms with Gasteiger partial charge in [-0.25, -0.2) is 4.79 Å². The van der Waals surface area contributed by atoms with Crippen LogP contribution in [0.3, 0.4) is 0 Å². The number of amides is 2. The van der Waals surface area contributed by atoms with Gasteiger partial charge < -0.3 is 20.1 Å². The molecule has 3 rings (SSSR count). The van der Waals surface area contributed by atoms with E-state index in [0.29, 0.717) is 6.61 Å². The molecule has 2 fully saturated rings. The second-order valence-corrected chi connectivity index (χ2v) is 7.15. The van der Waals surface area contributed by atoms with Crippen LogP contribution in [0, 0.1) is 5.41 Å². The number of hydrogen-bond donors (Lipinski definition) is 2. The van der Waals surface area contributed by atoms with Crippen LogP contribution in [0.4, 0.5) is 4.79 Å². The van der Waals surface area contributed by atoms with Crippen molar-refractivity contribution in [1.29, 1.82) is 0 Å². The molecule has 23 heavy (non-hydrogen) atoms. The maximum Gasteiger partial charge on any atom is 0.317 e. The van der Waals surface area contributed by atoms with Crippen LogP contribution in [0.2, 0.25) is 0 Å². The largest absolute Gasteiger partial charge is 0.392 e. The normalized spacial score (nSPS) is 29.3. The molecule has 5 nitrogen and oxygen atoms in total. The van der Waals surface area contributed by atoms with Gasteiger partial charge in [0.25, 0.3) is 0 Å². The first-order valence-electron chi connectivity index (χ1n) is 9.16. The summed E-state index contributed by atoms with van der Waals surface area (Å²) in [6.45, 7) is 4.86. The van der Waals surface area contributed by atoms with Crippen LogP contribution in [-0.4, -0.2) is 54.5 Å². The second-order valence-electron chi connectivity index (χ2n) is 7.15. The van der Waals surface area contributed by atoms with Crippen molar-refractivity contribution in [1.82, 2.24) is 10.2 Å². The van der Waals surface area contributed by atoms with Crippen LogP contribution < -0.4 is 5.32 Å². The Hall–Kier alpha value is -1.07. The van der Waals surface area contributed by atoms with E-state index in [1.165, 1.54) is 24.8 Å². The van der Waals surface area contributed by atoms with E-state index in [9.17, 15) is 9.90 Å². The maximum atomic E-state index is 12.3. The lowest BCUT2D eigenvalue weighted by atomic mass is 9.58. The van der Waals surface area contributed by atoms with E-state index >= 15 is 0 Å². The Balaban J connectivity index is 1.42. The van der Waals surface area contributed by atoms with Gasteiger partial charge in [0.15, 0.2) is 0 Å². The fraction of sp³-hybridized carbons (Fsp3) is 0.833. The predicted molar refractivity (Wildman–Crippen MR) is 89.2 cm³/mol. The van der Waals surface area contributed by atoms with E-state index in [1.54, 1.807) is 0 Å². The molecule has 0 aromatic rings. The minimum Gasteiger partial charge on any atom is -0.392 e. The Morgan fingerprint density at radius 3 is 2.87 bits per heavy atom. The van der Waals surface area contributed by atoms with Crippen molar-refractivity contribution in [2.75, 3.05) is 26.2 Å². The zero-order chi connectivity index (χ0) is 16.3. The highest BCUT2D eigenvalue weighted by Gasteiger charge is 2.56. The van der Waals surface area contributed by atoms with Crippen LogP contribution in [0.1, 0.15) is 51.9 Å². The van der Waals surface area contributed by atoms with Gasteiger partial charge in [-0.15, -0.1) is 0 Å². The number of rotatable bonds is 5. The molecule has 2 aliphatic carbocycles. The van der Waals surface area contributed by atoms with Crippen LogP contribution >= 0.6 is 0 Å². The first-order chi connectivity index (χ1) is 11.2. The second kappa shape index (κ2) is 7.22. The third-order valence-electron chi connectivity index (χ3n) is 5.95. The average molecular weight is 322 g/mol. The lowest BCUT2D eigenvalue weighted by Crippen LogP contribution is -2.63. The summed E-state index contributed by atoms with van der Waals surface area (Å²) in [5, 5.41) is 13.2. The molecule has 1 aliphatic heterocycles. The van der Waals surface area contributed by atoms with E-state index in [1.807, 2.05) is 11.8 Å². The lowest BCUT2D eigenvalue weighted by Gasteiger charge is -2.56. The summed E-state index contributed by atoms with van der Waals surface area (Å²) in [5.41, 5.74) is 1.38. The van der Waals surface area contributed by atoms with E-state index in [0.717, 1.165) is 45.3 Å². The first-order valence-corrected chi connectivity index (χ1v) is 9.16. The molecule has 0 aromatic carbocycles. The lowest BCUT2D eigenvalue weighted by molar-refractivity contribution is -0.207. The molecular weight excluding hydrogens is 292 g/mol. The highest BCUT2D eigenvalue weighted by atomic mass is 16.5. The number of nitrogens with zero attached hydrogens (tertiary/aromatic N) is 1. The Labute approximate surface area is 139 Å². The van der Waals surface area contributed by atoms with Crippen molar-refractivity contribution in [3.63, 3.8) is 0 Å². The number of piperidine rings is 1. The molecule has 2 amide bonds. The number of aliphatic hydroxyl groups excluding tert-OH is 1. The molecule has 2 atom stereocenters. The van der Waals surface area contributed by atoms with E-state index in [-0.39, 0.29) is 23.7 Å². The molecule has 1 spiro atoms. The van der Waals surface area contributed by atoms with Gasteiger partial charge in [-0.2, -0.15) is 0 Å². The number of allylic oxidation sites excluding steroid dienone is 1. The fourth-order valence-electron chi connectivity index (χ4n) is 4.35.